The number of aliphatic hydroxyl groups is 2. The molecule has 1 saturated heterocycles. The molecule has 0 bridgehead atoms. The predicted molar refractivity (Wildman–Crippen MR) is 110 cm³/mol. The Kier molecular flexibility index (Phi) is 6.68. The Bertz CT molecular complexity index is 777. The van der Waals surface area contributed by atoms with E-state index < -0.39 is 0 Å². The molecular formula is C22H28O4S. The molecule has 0 amide bonds. The normalized spacial score (nSPS) is 22.5. The highest BCUT2D eigenvalue weighted by Crippen LogP contribution is 2.43. The van der Waals surface area contributed by atoms with Gasteiger partial charge in [-0.15, -0.1) is 11.8 Å². The SMILES string of the molecule is COc1ccc(Cc2cc(C3CC(O)CC(CO)S3)ccc2C)cc1OC. The minimum atomic E-state index is -0.344. The van der Waals surface area contributed by atoms with E-state index in [0.717, 1.165) is 29.9 Å². The lowest BCUT2D eigenvalue weighted by Crippen LogP contribution is -2.26. The number of benzene rings is 2. The van der Waals surface area contributed by atoms with Crippen LogP contribution >= 0.6 is 11.8 Å². The van der Waals surface area contributed by atoms with Crippen LogP contribution in [-0.4, -0.2) is 42.4 Å². The Morgan fingerprint density at radius 2 is 1.81 bits per heavy atom. The average Bonchev–Trinajstić information content (AvgIpc) is 2.68. The molecule has 0 saturated carbocycles. The van der Waals surface area contributed by atoms with Crippen molar-refractivity contribution in [1.82, 2.24) is 0 Å². The number of thioether (sulfide) groups is 1. The van der Waals surface area contributed by atoms with Crippen LogP contribution in [0.5, 0.6) is 11.5 Å². The third-order valence-electron chi connectivity index (χ3n) is 5.17. The van der Waals surface area contributed by atoms with Crippen LogP contribution in [0, 0.1) is 6.92 Å². The third kappa shape index (κ3) is 4.78. The number of aryl methyl sites for hydroxylation is 1. The molecule has 2 aromatic rings. The van der Waals surface area contributed by atoms with Gasteiger partial charge in [-0.3, -0.25) is 0 Å². The lowest BCUT2D eigenvalue weighted by Gasteiger charge is -2.31. The summed E-state index contributed by atoms with van der Waals surface area (Å²) in [5, 5.41) is 20.0. The number of hydrogen-bond acceptors (Lipinski definition) is 5. The van der Waals surface area contributed by atoms with Gasteiger partial charge in [0.25, 0.3) is 0 Å². The van der Waals surface area contributed by atoms with Gasteiger partial charge in [0.1, 0.15) is 0 Å². The molecule has 0 radical (unpaired) electrons. The van der Waals surface area contributed by atoms with E-state index in [1.165, 1.54) is 16.7 Å². The van der Waals surface area contributed by atoms with E-state index in [2.05, 4.69) is 31.2 Å². The van der Waals surface area contributed by atoms with Crippen molar-refractivity contribution in [1.29, 1.82) is 0 Å². The van der Waals surface area contributed by atoms with Crippen molar-refractivity contribution in [3.05, 3.63) is 58.7 Å². The van der Waals surface area contributed by atoms with Crippen LogP contribution in [0.4, 0.5) is 0 Å². The number of hydrogen-bond donors (Lipinski definition) is 2. The quantitative estimate of drug-likeness (QED) is 0.786. The molecule has 0 aliphatic carbocycles. The first-order valence-electron chi connectivity index (χ1n) is 9.28. The Morgan fingerprint density at radius 3 is 2.52 bits per heavy atom. The highest BCUT2D eigenvalue weighted by atomic mass is 32.2. The van der Waals surface area contributed by atoms with Crippen molar-refractivity contribution in [2.45, 2.75) is 42.8 Å². The molecule has 1 aliphatic rings. The Balaban J connectivity index is 1.83. The van der Waals surface area contributed by atoms with Gasteiger partial charge in [-0.25, -0.2) is 0 Å². The molecule has 2 aromatic carbocycles. The van der Waals surface area contributed by atoms with E-state index in [0.29, 0.717) is 6.42 Å². The second-order valence-corrected chi connectivity index (χ2v) is 8.61. The van der Waals surface area contributed by atoms with E-state index in [1.54, 1.807) is 26.0 Å². The highest BCUT2D eigenvalue weighted by molar-refractivity contribution is 8.00. The summed E-state index contributed by atoms with van der Waals surface area (Å²) in [7, 11) is 3.29. The van der Waals surface area contributed by atoms with Crippen LogP contribution in [0.15, 0.2) is 36.4 Å². The minimum Gasteiger partial charge on any atom is -0.493 e. The second-order valence-electron chi connectivity index (χ2n) is 7.11. The van der Waals surface area contributed by atoms with Crippen molar-refractivity contribution in [2.24, 2.45) is 0 Å². The second kappa shape index (κ2) is 9.00. The summed E-state index contributed by atoms with van der Waals surface area (Å²) >= 11 is 1.77. The fourth-order valence-corrected chi connectivity index (χ4v) is 5.14. The largest absolute Gasteiger partial charge is 0.493 e. The van der Waals surface area contributed by atoms with E-state index >= 15 is 0 Å². The van der Waals surface area contributed by atoms with Crippen LogP contribution < -0.4 is 9.47 Å². The standard InChI is InChI=1S/C22H28O4S/c1-14-4-6-16(22-12-18(24)11-19(13-23)27-22)10-17(14)8-15-5-7-20(25-2)21(9-15)26-3/h4-7,9-10,18-19,22-24H,8,11-13H2,1-3H3. The molecular weight excluding hydrogens is 360 g/mol. The van der Waals surface area contributed by atoms with Crippen LogP contribution in [0.1, 0.15) is 40.3 Å². The van der Waals surface area contributed by atoms with Gasteiger partial charge in [0, 0.05) is 10.5 Å². The van der Waals surface area contributed by atoms with Crippen molar-refractivity contribution < 1.29 is 19.7 Å². The molecule has 3 unspecified atom stereocenters. The Hall–Kier alpha value is -1.69. The van der Waals surface area contributed by atoms with E-state index in [9.17, 15) is 10.2 Å². The molecule has 0 spiro atoms. The molecule has 1 fully saturated rings. The van der Waals surface area contributed by atoms with Gasteiger partial charge in [-0.2, -0.15) is 0 Å². The van der Waals surface area contributed by atoms with Crippen molar-refractivity contribution >= 4 is 11.8 Å². The Labute approximate surface area is 165 Å². The third-order valence-corrected chi connectivity index (χ3v) is 6.69. The van der Waals surface area contributed by atoms with Gasteiger partial charge in [0.05, 0.1) is 26.9 Å². The van der Waals surface area contributed by atoms with Crippen LogP contribution in [0.2, 0.25) is 0 Å². The van der Waals surface area contributed by atoms with Gasteiger partial charge in [-0.1, -0.05) is 24.3 Å². The fraction of sp³-hybridized carbons (Fsp3) is 0.455. The maximum absolute atomic E-state index is 10.2. The first-order valence-corrected chi connectivity index (χ1v) is 10.2. The monoisotopic (exact) mass is 388 g/mol. The molecule has 4 nitrogen and oxygen atoms in total. The highest BCUT2D eigenvalue weighted by Gasteiger charge is 2.29. The zero-order chi connectivity index (χ0) is 19.4. The topological polar surface area (TPSA) is 58.9 Å². The summed E-state index contributed by atoms with van der Waals surface area (Å²) in [6.45, 7) is 2.24. The summed E-state index contributed by atoms with van der Waals surface area (Å²) in [4.78, 5) is 0. The van der Waals surface area contributed by atoms with Gasteiger partial charge in [0.15, 0.2) is 11.5 Å². The maximum atomic E-state index is 10.2. The first kappa shape index (κ1) is 20.1. The van der Waals surface area contributed by atoms with E-state index in [1.807, 2.05) is 12.1 Å². The zero-order valence-electron chi connectivity index (χ0n) is 16.1. The van der Waals surface area contributed by atoms with Gasteiger partial charge >= 0.3 is 0 Å². The fourth-order valence-electron chi connectivity index (χ4n) is 3.62. The van der Waals surface area contributed by atoms with Crippen LogP contribution in [0.25, 0.3) is 0 Å². The zero-order valence-corrected chi connectivity index (χ0v) is 17.0. The van der Waals surface area contributed by atoms with Gasteiger partial charge < -0.3 is 19.7 Å². The van der Waals surface area contributed by atoms with Gasteiger partial charge in [-0.05, 0) is 60.6 Å². The van der Waals surface area contributed by atoms with Crippen LogP contribution in [0.3, 0.4) is 0 Å². The number of aliphatic hydroxyl groups excluding tert-OH is 2. The summed E-state index contributed by atoms with van der Waals surface area (Å²) in [5.74, 6) is 1.47. The summed E-state index contributed by atoms with van der Waals surface area (Å²) < 4.78 is 10.7. The lowest BCUT2D eigenvalue weighted by molar-refractivity contribution is 0.137. The molecule has 5 heteroatoms. The minimum absolute atomic E-state index is 0.106. The van der Waals surface area contributed by atoms with Crippen molar-refractivity contribution in [3.8, 4) is 11.5 Å². The predicted octanol–water partition coefficient (Wildman–Crippen LogP) is 3.89. The van der Waals surface area contributed by atoms with Crippen LogP contribution in [-0.2, 0) is 6.42 Å². The van der Waals surface area contributed by atoms with Crippen molar-refractivity contribution in [3.63, 3.8) is 0 Å². The van der Waals surface area contributed by atoms with E-state index in [4.69, 9.17) is 9.47 Å². The molecule has 2 N–H and O–H groups in total. The summed E-state index contributed by atoms with van der Waals surface area (Å²) in [5.41, 5.74) is 4.89. The summed E-state index contributed by atoms with van der Waals surface area (Å²) in [6, 6.07) is 12.6. The molecule has 3 atom stereocenters. The molecule has 146 valence electrons. The van der Waals surface area contributed by atoms with Crippen molar-refractivity contribution in [2.75, 3.05) is 20.8 Å². The number of rotatable bonds is 6. The maximum Gasteiger partial charge on any atom is 0.160 e. The Morgan fingerprint density at radius 1 is 1.04 bits per heavy atom. The lowest BCUT2D eigenvalue weighted by atomic mass is 9.95. The molecule has 3 rings (SSSR count). The smallest absolute Gasteiger partial charge is 0.160 e. The first-order chi connectivity index (χ1) is 13.0. The summed E-state index contributed by atoms with van der Waals surface area (Å²) in [6.07, 6.45) is 1.87. The molecule has 27 heavy (non-hydrogen) atoms. The van der Waals surface area contributed by atoms with E-state index in [-0.39, 0.29) is 23.2 Å². The number of ether oxygens (including phenoxy) is 2. The van der Waals surface area contributed by atoms with Gasteiger partial charge in [0.2, 0.25) is 0 Å². The molecule has 0 aromatic heterocycles. The molecule has 1 heterocycles. The molecule has 1 aliphatic heterocycles. The average molecular weight is 389 g/mol. The number of methoxy groups -OCH3 is 2.